The number of likely N-dealkylation sites (tertiary alicyclic amines) is 1. The van der Waals surface area contributed by atoms with Gasteiger partial charge in [-0.2, -0.15) is 0 Å². The van der Waals surface area contributed by atoms with Gasteiger partial charge in [-0.05, 0) is 44.4 Å². The van der Waals surface area contributed by atoms with Crippen LogP contribution in [0.1, 0.15) is 59.0 Å². The average molecular weight is 396 g/mol. The molecule has 29 heavy (non-hydrogen) atoms. The van der Waals surface area contributed by atoms with E-state index in [2.05, 4.69) is 5.32 Å². The first-order valence-corrected chi connectivity index (χ1v) is 10.1. The highest BCUT2D eigenvalue weighted by atomic mass is 16.5. The van der Waals surface area contributed by atoms with Gasteiger partial charge in [0.15, 0.2) is 0 Å². The molecule has 1 saturated heterocycles. The van der Waals surface area contributed by atoms with E-state index in [1.165, 1.54) is 7.11 Å². The van der Waals surface area contributed by atoms with Gasteiger partial charge in [-0.1, -0.05) is 30.3 Å². The topological polar surface area (TPSA) is 71.5 Å². The van der Waals surface area contributed by atoms with Crippen molar-refractivity contribution in [2.24, 2.45) is 0 Å². The molecular formula is C23H29N3O3. The van der Waals surface area contributed by atoms with Crippen LogP contribution in [0.25, 0.3) is 0 Å². The van der Waals surface area contributed by atoms with E-state index >= 15 is 0 Å². The highest BCUT2D eigenvalue weighted by Crippen LogP contribution is 2.30. The van der Waals surface area contributed by atoms with Crippen LogP contribution in [0.2, 0.25) is 0 Å². The second-order valence-corrected chi connectivity index (χ2v) is 7.58. The number of hydrogen-bond donors (Lipinski definition) is 1. The molecule has 0 saturated carbocycles. The Morgan fingerprint density at radius 2 is 1.86 bits per heavy atom. The molecule has 0 aliphatic carbocycles. The summed E-state index contributed by atoms with van der Waals surface area (Å²) in [6.45, 7) is 5.34. The van der Waals surface area contributed by atoms with Crippen molar-refractivity contribution in [1.29, 1.82) is 0 Å². The number of carbonyl (C=O) groups is 2. The minimum absolute atomic E-state index is 0.0119. The standard InChI is InChI=1S/C23H29N3O3/c1-16-9-10-20(23(28)25-17(2)18-7-5-4-6-8-18)22(24-16)19-11-13-26(14-12-19)21(27)15-29-3/h4-10,17,19H,11-15H2,1-3H3,(H,25,28). The molecule has 0 spiro atoms. The summed E-state index contributed by atoms with van der Waals surface area (Å²) >= 11 is 0. The van der Waals surface area contributed by atoms with E-state index in [9.17, 15) is 9.59 Å². The SMILES string of the molecule is COCC(=O)N1CCC(c2nc(C)ccc2C(=O)NC(C)c2ccccc2)CC1. The van der Waals surface area contributed by atoms with E-state index in [-0.39, 0.29) is 30.4 Å². The number of piperidine rings is 1. The number of hydrogen-bond acceptors (Lipinski definition) is 4. The molecule has 154 valence electrons. The van der Waals surface area contributed by atoms with Crippen molar-refractivity contribution >= 4 is 11.8 Å². The van der Waals surface area contributed by atoms with Gasteiger partial charge in [0.05, 0.1) is 17.3 Å². The largest absolute Gasteiger partial charge is 0.375 e. The third-order valence-corrected chi connectivity index (χ3v) is 5.46. The number of pyridine rings is 1. The Morgan fingerprint density at radius 1 is 1.17 bits per heavy atom. The van der Waals surface area contributed by atoms with Crippen molar-refractivity contribution in [2.45, 2.75) is 38.6 Å². The molecule has 2 aromatic rings. The third-order valence-electron chi connectivity index (χ3n) is 5.46. The number of ether oxygens (including phenoxy) is 1. The summed E-state index contributed by atoms with van der Waals surface area (Å²) in [6.07, 6.45) is 1.58. The molecule has 2 amide bonds. The maximum atomic E-state index is 13.0. The number of nitrogens with one attached hydrogen (secondary N) is 1. The van der Waals surface area contributed by atoms with E-state index in [0.29, 0.717) is 18.7 Å². The van der Waals surface area contributed by atoms with Crippen molar-refractivity contribution in [1.82, 2.24) is 15.2 Å². The van der Waals surface area contributed by atoms with Gasteiger partial charge < -0.3 is 15.0 Å². The molecule has 1 fully saturated rings. The lowest BCUT2D eigenvalue weighted by atomic mass is 9.89. The zero-order valence-electron chi connectivity index (χ0n) is 17.4. The Balaban J connectivity index is 1.73. The van der Waals surface area contributed by atoms with Crippen LogP contribution in [0, 0.1) is 6.92 Å². The summed E-state index contributed by atoms with van der Waals surface area (Å²) in [7, 11) is 1.53. The van der Waals surface area contributed by atoms with E-state index in [1.54, 1.807) is 0 Å². The highest BCUT2D eigenvalue weighted by molar-refractivity contribution is 5.95. The molecule has 1 N–H and O–H groups in total. The van der Waals surface area contributed by atoms with Crippen molar-refractivity contribution in [3.63, 3.8) is 0 Å². The van der Waals surface area contributed by atoms with Crippen LogP contribution in [-0.2, 0) is 9.53 Å². The Kier molecular flexibility index (Phi) is 6.99. The zero-order chi connectivity index (χ0) is 20.8. The first-order valence-electron chi connectivity index (χ1n) is 10.1. The quantitative estimate of drug-likeness (QED) is 0.815. The second kappa shape index (κ2) is 9.65. The average Bonchev–Trinajstić information content (AvgIpc) is 2.74. The summed E-state index contributed by atoms with van der Waals surface area (Å²) in [4.78, 5) is 31.6. The minimum Gasteiger partial charge on any atom is -0.375 e. The number of nitrogens with zero attached hydrogens (tertiary/aromatic N) is 2. The molecule has 3 rings (SSSR count). The molecule has 1 aliphatic heterocycles. The number of aromatic nitrogens is 1. The van der Waals surface area contributed by atoms with Crippen LogP contribution in [-0.4, -0.2) is 48.5 Å². The molecule has 0 radical (unpaired) electrons. The van der Waals surface area contributed by atoms with Crippen molar-refractivity contribution in [3.8, 4) is 0 Å². The lowest BCUT2D eigenvalue weighted by Crippen LogP contribution is -2.40. The van der Waals surface area contributed by atoms with E-state index < -0.39 is 0 Å². The lowest BCUT2D eigenvalue weighted by molar-refractivity contribution is -0.136. The number of carbonyl (C=O) groups excluding carboxylic acids is 2. The van der Waals surface area contributed by atoms with Crippen LogP contribution in [0.4, 0.5) is 0 Å². The van der Waals surface area contributed by atoms with Gasteiger partial charge in [-0.25, -0.2) is 0 Å². The molecule has 1 aromatic heterocycles. The number of methoxy groups -OCH3 is 1. The van der Waals surface area contributed by atoms with E-state index in [1.807, 2.05) is 61.2 Å². The smallest absolute Gasteiger partial charge is 0.253 e. The van der Waals surface area contributed by atoms with Crippen LogP contribution in [0.15, 0.2) is 42.5 Å². The Hall–Kier alpha value is -2.73. The molecule has 6 heteroatoms. The van der Waals surface area contributed by atoms with Gasteiger partial charge in [0, 0.05) is 31.8 Å². The normalized spacial score (nSPS) is 15.8. The predicted molar refractivity (Wildman–Crippen MR) is 112 cm³/mol. The molecule has 1 aliphatic rings. The third kappa shape index (κ3) is 5.21. The summed E-state index contributed by atoms with van der Waals surface area (Å²) in [5.74, 6) is 0.0637. The van der Waals surface area contributed by atoms with Gasteiger partial charge in [0.1, 0.15) is 6.61 Å². The molecular weight excluding hydrogens is 366 g/mol. The maximum absolute atomic E-state index is 13.0. The monoisotopic (exact) mass is 395 g/mol. The maximum Gasteiger partial charge on any atom is 0.253 e. The van der Waals surface area contributed by atoms with Crippen LogP contribution in [0.5, 0.6) is 0 Å². The fourth-order valence-electron chi connectivity index (χ4n) is 3.80. The van der Waals surface area contributed by atoms with Gasteiger partial charge in [-0.15, -0.1) is 0 Å². The Bertz CT molecular complexity index is 846. The lowest BCUT2D eigenvalue weighted by Gasteiger charge is -2.32. The fraction of sp³-hybridized carbons (Fsp3) is 0.435. The Morgan fingerprint density at radius 3 is 2.52 bits per heavy atom. The van der Waals surface area contributed by atoms with Gasteiger partial charge in [0.2, 0.25) is 5.91 Å². The number of amides is 2. The zero-order valence-corrected chi connectivity index (χ0v) is 17.4. The van der Waals surface area contributed by atoms with Crippen molar-refractivity contribution in [2.75, 3.05) is 26.8 Å². The first-order chi connectivity index (χ1) is 14.0. The molecule has 0 bridgehead atoms. The van der Waals surface area contributed by atoms with E-state index in [4.69, 9.17) is 9.72 Å². The van der Waals surface area contributed by atoms with Crippen LogP contribution >= 0.6 is 0 Å². The van der Waals surface area contributed by atoms with Crippen molar-refractivity contribution in [3.05, 3.63) is 65.0 Å². The summed E-state index contributed by atoms with van der Waals surface area (Å²) in [5.41, 5.74) is 3.42. The van der Waals surface area contributed by atoms with Gasteiger partial charge in [-0.3, -0.25) is 14.6 Å². The van der Waals surface area contributed by atoms with Gasteiger partial charge >= 0.3 is 0 Å². The molecule has 1 aromatic carbocycles. The Labute approximate surface area is 172 Å². The fourth-order valence-corrected chi connectivity index (χ4v) is 3.80. The molecule has 1 atom stereocenters. The van der Waals surface area contributed by atoms with Crippen LogP contribution < -0.4 is 5.32 Å². The number of benzene rings is 1. The summed E-state index contributed by atoms with van der Waals surface area (Å²) in [6, 6.07) is 13.6. The number of aryl methyl sites for hydroxylation is 1. The molecule has 6 nitrogen and oxygen atoms in total. The number of rotatable bonds is 6. The molecule has 1 unspecified atom stereocenters. The van der Waals surface area contributed by atoms with Crippen molar-refractivity contribution < 1.29 is 14.3 Å². The minimum atomic E-state index is -0.109. The van der Waals surface area contributed by atoms with Crippen LogP contribution in [0.3, 0.4) is 0 Å². The predicted octanol–water partition coefficient (Wildman–Crippen LogP) is 3.23. The summed E-state index contributed by atoms with van der Waals surface area (Å²) < 4.78 is 4.95. The highest BCUT2D eigenvalue weighted by Gasteiger charge is 2.28. The van der Waals surface area contributed by atoms with Gasteiger partial charge in [0.25, 0.3) is 5.91 Å². The summed E-state index contributed by atoms with van der Waals surface area (Å²) in [5, 5.41) is 3.10. The second-order valence-electron chi connectivity index (χ2n) is 7.58. The molecule has 2 heterocycles. The van der Waals surface area contributed by atoms with E-state index in [0.717, 1.165) is 29.8 Å². The first kappa shape index (κ1) is 21.0.